The number of allylic oxidation sites excluding steroid dienone is 14. The molecule has 372 valence electrons. The van der Waals surface area contributed by atoms with Crippen molar-refractivity contribution in [2.45, 2.75) is 258 Å². The van der Waals surface area contributed by atoms with Crippen molar-refractivity contribution in [3.63, 3.8) is 0 Å². The first kappa shape index (κ1) is 61.6. The van der Waals surface area contributed by atoms with Crippen molar-refractivity contribution in [1.29, 1.82) is 0 Å². The van der Waals surface area contributed by atoms with Crippen molar-refractivity contribution in [3.8, 4) is 0 Å². The molecule has 0 fully saturated rings. The number of hydrogen-bond acceptors (Lipinski definition) is 6. The van der Waals surface area contributed by atoms with E-state index in [2.05, 4.69) is 106 Å². The quantitative estimate of drug-likeness (QED) is 0.0262. The fourth-order valence-corrected chi connectivity index (χ4v) is 7.37. The number of esters is 3. The normalized spacial score (nSPS) is 12.7. The van der Waals surface area contributed by atoms with Crippen LogP contribution in [0.25, 0.3) is 0 Å². The number of ether oxygens (including phenoxy) is 3. The molecule has 6 nitrogen and oxygen atoms in total. The summed E-state index contributed by atoms with van der Waals surface area (Å²) < 4.78 is 16.6. The van der Waals surface area contributed by atoms with Crippen molar-refractivity contribution >= 4 is 17.9 Å². The van der Waals surface area contributed by atoms with Gasteiger partial charge in [-0.1, -0.05) is 247 Å². The molecule has 1 atom stereocenters. The molecule has 0 radical (unpaired) electrons. The Labute approximate surface area is 401 Å². The summed E-state index contributed by atoms with van der Waals surface area (Å²) in [6.07, 6.45) is 69.1. The van der Waals surface area contributed by atoms with Crippen LogP contribution in [0.15, 0.2) is 85.1 Å². The Morgan fingerprint density at radius 3 is 0.938 bits per heavy atom. The monoisotopic (exact) mass is 905 g/mol. The van der Waals surface area contributed by atoms with Crippen molar-refractivity contribution < 1.29 is 28.6 Å². The van der Waals surface area contributed by atoms with Gasteiger partial charge in [0.15, 0.2) is 6.10 Å². The highest BCUT2D eigenvalue weighted by Gasteiger charge is 2.19. The number of carbonyl (C=O) groups is 3. The van der Waals surface area contributed by atoms with Gasteiger partial charge in [-0.15, -0.1) is 0 Å². The minimum atomic E-state index is -0.794. The molecular formula is C59H100O6. The standard InChI is InChI=1S/C59H100O6/c1-4-7-10-13-15-17-19-21-23-25-27-28-29-30-32-33-35-37-39-41-43-46-49-52-58(61)64-55-56(54-63-57(60)51-48-45-12-9-6-3)65-59(62)53-50-47-44-42-40-38-36-34-31-26-24-22-20-18-16-14-11-8-5-2/h7,10,15,17,21,23,27-28,30,32,35,37,41,43,56H,4-6,8-9,11-14,16,18-20,22,24-26,29,31,33-34,36,38-40,42,44-55H2,1-3H3/b10-7-,17-15-,23-21-,28-27-,32-30-,37-35-,43-41-. The van der Waals surface area contributed by atoms with Gasteiger partial charge in [0, 0.05) is 19.3 Å². The van der Waals surface area contributed by atoms with Crippen molar-refractivity contribution in [3.05, 3.63) is 85.1 Å². The molecule has 65 heavy (non-hydrogen) atoms. The predicted octanol–water partition coefficient (Wildman–Crippen LogP) is 18.0. The molecule has 0 bridgehead atoms. The van der Waals surface area contributed by atoms with Crippen LogP contribution in [-0.4, -0.2) is 37.2 Å². The van der Waals surface area contributed by atoms with Crippen molar-refractivity contribution in [2.24, 2.45) is 0 Å². The Hall–Kier alpha value is -3.41. The van der Waals surface area contributed by atoms with Crippen LogP contribution >= 0.6 is 0 Å². The predicted molar refractivity (Wildman–Crippen MR) is 279 cm³/mol. The smallest absolute Gasteiger partial charge is 0.306 e. The van der Waals surface area contributed by atoms with Crippen molar-refractivity contribution in [2.75, 3.05) is 13.2 Å². The summed E-state index contributed by atoms with van der Waals surface area (Å²) >= 11 is 0. The highest BCUT2D eigenvalue weighted by atomic mass is 16.6. The van der Waals surface area contributed by atoms with E-state index in [1.807, 2.05) is 0 Å². The highest BCUT2D eigenvalue weighted by Crippen LogP contribution is 2.16. The fraction of sp³-hybridized carbons (Fsp3) is 0.712. The maximum atomic E-state index is 12.8. The lowest BCUT2D eigenvalue weighted by atomic mass is 10.0. The van der Waals surface area contributed by atoms with E-state index in [0.29, 0.717) is 19.3 Å². The first-order valence-electron chi connectivity index (χ1n) is 27.1. The molecule has 1 unspecified atom stereocenters. The SMILES string of the molecule is CC/C=C\C/C=C\C/C=C\C/C=C\C/C=C\C/C=C\C/C=C\CCCC(=O)OCC(COC(=O)CCCCCCC)OC(=O)CCCCCCCCCCCCCCCCCCCCC. The topological polar surface area (TPSA) is 78.9 Å². The highest BCUT2D eigenvalue weighted by molar-refractivity contribution is 5.71. The van der Waals surface area contributed by atoms with Crippen LogP contribution in [0, 0.1) is 0 Å². The largest absolute Gasteiger partial charge is 0.462 e. The second-order valence-electron chi connectivity index (χ2n) is 17.8. The average molecular weight is 905 g/mol. The third-order valence-corrected chi connectivity index (χ3v) is 11.4. The summed E-state index contributed by atoms with van der Waals surface area (Å²) in [4.78, 5) is 37.7. The summed E-state index contributed by atoms with van der Waals surface area (Å²) in [6, 6.07) is 0. The van der Waals surface area contributed by atoms with Gasteiger partial charge in [-0.05, 0) is 70.6 Å². The molecule has 0 spiro atoms. The third kappa shape index (κ3) is 51.4. The fourth-order valence-electron chi connectivity index (χ4n) is 7.37. The molecule has 0 aliphatic rings. The molecule has 6 heteroatoms. The van der Waals surface area contributed by atoms with E-state index >= 15 is 0 Å². The van der Waals surface area contributed by atoms with E-state index in [9.17, 15) is 14.4 Å². The Kier molecular flexibility index (Phi) is 50.4. The van der Waals surface area contributed by atoms with Crippen LogP contribution < -0.4 is 0 Å². The molecule has 0 aliphatic heterocycles. The van der Waals surface area contributed by atoms with E-state index in [0.717, 1.165) is 96.3 Å². The van der Waals surface area contributed by atoms with E-state index in [-0.39, 0.29) is 37.5 Å². The van der Waals surface area contributed by atoms with Crippen molar-refractivity contribution in [1.82, 2.24) is 0 Å². The summed E-state index contributed by atoms with van der Waals surface area (Å²) in [5, 5.41) is 0. The molecule has 0 saturated heterocycles. The maximum Gasteiger partial charge on any atom is 0.306 e. The van der Waals surface area contributed by atoms with Gasteiger partial charge in [0.25, 0.3) is 0 Å². The van der Waals surface area contributed by atoms with Gasteiger partial charge in [0.05, 0.1) is 0 Å². The van der Waals surface area contributed by atoms with Crippen LogP contribution in [0.2, 0.25) is 0 Å². The van der Waals surface area contributed by atoms with Crippen LogP contribution in [0.4, 0.5) is 0 Å². The number of hydrogen-bond donors (Lipinski definition) is 0. The van der Waals surface area contributed by atoms with Gasteiger partial charge in [-0.3, -0.25) is 14.4 Å². The lowest BCUT2D eigenvalue weighted by Crippen LogP contribution is -2.30. The second kappa shape index (κ2) is 53.2. The van der Waals surface area contributed by atoms with E-state index in [1.54, 1.807) is 0 Å². The average Bonchev–Trinajstić information content (AvgIpc) is 3.30. The third-order valence-electron chi connectivity index (χ3n) is 11.4. The van der Waals surface area contributed by atoms with Crippen LogP contribution in [0.3, 0.4) is 0 Å². The summed E-state index contributed by atoms with van der Waals surface area (Å²) in [7, 11) is 0. The Balaban J connectivity index is 4.24. The zero-order valence-corrected chi connectivity index (χ0v) is 42.5. The first-order valence-corrected chi connectivity index (χ1v) is 27.1. The van der Waals surface area contributed by atoms with E-state index in [1.165, 1.54) is 109 Å². The number of carbonyl (C=O) groups excluding carboxylic acids is 3. The van der Waals surface area contributed by atoms with E-state index in [4.69, 9.17) is 14.2 Å². The van der Waals surface area contributed by atoms with Crippen LogP contribution in [0.5, 0.6) is 0 Å². The molecule has 0 saturated carbocycles. The Morgan fingerprint density at radius 2 is 0.600 bits per heavy atom. The second-order valence-corrected chi connectivity index (χ2v) is 17.8. The summed E-state index contributed by atoms with van der Waals surface area (Å²) in [5.41, 5.74) is 0. The molecule has 0 aliphatic carbocycles. The molecule has 0 amide bonds. The minimum Gasteiger partial charge on any atom is -0.462 e. The lowest BCUT2D eigenvalue weighted by Gasteiger charge is -2.18. The van der Waals surface area contributed by atoms with Crippen LogP contribution in [0.1, 0.15) is 252 Å². The van der Waals surface area contributed by atoms with Gasteiger partial charge >= 0.3 is 17.9 Å². The van der Waals surface area contributed by atoms with Gasteiger partial charge in [-0.2, -0.15) is 0 Å². The maximum absolute atomic E-state index is 12.8. The molecule has 0 N–H and O–H groups in total. The van der Waals surface area contributed by atoms with Gasteiger partial charge in [-0.25, -0.2) is 0 Å². The zero-order chi connectivity index (χ0) is 47.2. The molecule has 0 heterocycles. The Morgan fingerprint density at radius 1 is 0.323 bits per heavy atom. The summed E-state index contributed by atoms with van der Waals surface area (Å²) in [6.45, 7) is 6.40. The molecule has 0 rings (SSSR count). The lowest BCUT2D eigenvalue weighted by molar-refractivity contribution is -0.167. The molecule has 0 aromatic heterocycles. The zero-order valence-electron chi connectivity index (χ0n) is 42.5. The molecule has 0 aromatic rings. The minimum absolute atomic E-state index is 0.0939. The van der Waals surface area contributed by atoms with Gasteiger partial charge in [0.1, 0.15) is 13.2 Å². The first-order chi connectivity index (χ1) is 32.0. The number of rotatable bonds is 48. The summed E-state index contributed by atoms with van der Waals surface area (Å²) in [5.74, 6) is -0.966. The van der Waals surface area contributed by atoms with E-state index < -0.39 is 6.10 Å². The molecule has 0 aromatic carbocycles. The molecular weight excluding hydrogens is 805 g/mol. The number of unbranched alkanes of at least 4 members (excludes halogenated alkanes) is 23. The van der Waals surface area contributed by atoms with Gasteiger partial charge < -0.3 is 14.2 Å². The Bertz CT molecular complexity index is 1270. The van der Waals surface area contributed by atoms with Crippen LogP contribution in [-0.2, 0) is 28.6 Å². The van der Waals surface area contributed by atoms with Gasteiger partial charge in [0.2, 0.25) is 0 Å².